The number of halogens is 2. The summed E-state index contributed by atoms with van der Waals surface area (Å²) < 4.78 is 0. The van der Waals surface area contributed by atoms with Crippen LogP contribution in [0.3, 0.4) is 0 Å². The second-order valence-corrected chi connectivity index (χ2v) is 6.75. The largest absolute Gasteiger partial charge is 0.493 e. The Morgan fingerprint density at radius 3 is 2.92 bits per heavy atom. The first-order valence-electron chi connectivity index (χ1n) is 7.79. The van der Waals surface area contributed by atoms with Crippen molar-refractivity contribution in [2.75, 3.05) is 6.54 Å². The molecule has 1 aliphatic rings. The maximum absolute atomic E-state index is 12.8. The van der Waals surface area contributed by atoms with Crippen LogP contribution in [0, 0.1) is 0 Å². The van der Waals surface area contributed by atoms with E-state index in [1.807, 2.05) is 13.0 Å². The van der Waals surface area contributed by atoms with Gasteiger partial charge in [0, 0.05) is 41.9 Å². The third-order valence-electron chi connectivity index (χ3n) is 4.57. The third-order valence-corrected chi connectivity index (χ3v) is 5.37. The number of hydrogen-bond donors (Lipinski definition) is 2. The smallest absolute Gasteiger partial charge is 0.292 e. The molecule has 3 aromatic rings. The van der Waals surface area contributed by atoms with Crippen LogP contribution in [0.25, 0.3) is 10.9 Å². The van der Waals surface area contributed by atoms with Crippen molar-refractivity contribution in [3.8, 4) is 5.88 Å². The molecule has 3 heterocycles. The molecule has 1 unspecified atom stereocenters. The summed E-state index contributed by atoms with van der Waals surface area (Å²) in [5.41, 5.74) is 2.86. The minimum absolute atomic E-state index is 0.0174. The summed E-state index contributed by atoms with van der Waals surface area (Å²) >= 11 is 12.4. The molecular formula is C17H14Cl2N4O2. The van der Waals surface area contributed by atoms with Crippen LogP contribution in [0.1, 0.15) is 34.8 Å². The van der Waals surface area contributed by atoms with E-state index >= 15 is 0 Å². The number of benzene rings is 1. The van der Waals surface area contributed by atoms with E-state index in [1.165, 1.54) is 12.3 Å². The van der Waals surface area contributed by atoms with Crippen LogP contribution < -0.4 is 0 Å². The van der Waals surface area contributed by atoms with Gasteiger partial charge < -0.3 is 15.0 Å². The highest BCUT2D eigenvalue weighted by molar-refractivity contribution is 6.45. The normalized spacial score (nSPS) is 16.9. The standard InChI is InChI=1S/C17H14Cl2N4O2/c1-8-13-9-2-3-10(18)14(19)15(9)21-11(13)5-7-23(8)17(25)16-20-6-4-12(24)22-16/h2-4,6,8,21H,5,7H2,1H3,(H,20,22,24). The molecule has 0 bridgehead atoms. The van der Waals surface area contributed by atoms with E-state index in [9.17, 15) is 9.90 Å². The van der Waals surface area contributed by atoms with Gasteiger partial charge >= 0.3 is 0 Å². The average Bonchev–Trinajstić information content (AvgIpc) is 2.98. The number of fused-ring (bicyclic) bond motifs is 3. The molecule has 0 aliphatic carbocycles. The van der Waals surface area contributed by atoms with Crippen molar-refractivity contribution in [1.82, 2.24) is 19.9 Å². The second-order valence-electron chi connectivity index (χ2n) is 5.96. The first kappa shape index (κ1) is 16.2. The van der Waals surface area contributed by atoms with Crippen molar-refractivity contribution in [2.24, 2.45) is 0 Å². The molecule has 1 aliphatic heterocycles. The zero-order chi connectivity index (χ0) is 17.7. The molecule has 2 aromatic heterocycles. The lowest BCUT2D eigenvalue weighted by molar-refractivity contribution is 0.0664. The third kappa shape index (κ3) is 2.53. The fraction of sp³-hybridized carbons (Fsp3) is 0.235. The molecule has 0 radical (unpaired) electrons. The van der Waals surface area contributed by atoms with Gasteiger partial charge in [0.05, 0.1) is 21.6 Å². The molecule has 0 saturated carbocycles. The van der Waals surface area contributed by atoms with Crippen molar-refractivity contribution in [3.63, 3.8) is 0 Å². The van der Waals surface area contributed by atoms with Crippen LogP contribution in [-0.4, -0.2) is 37.4 Å². The summed E-state index contributed by atoms with van der Waals surface area (Å²) in [6.45, 7) is 2.47. The van der Waals surface area contributed by atoms with Gasteiger partial charge in [-0.15, -0.1) is 0 Å². The number of nitrogens with one attached hydrogen (secondary N) is 1. The molecule has 1 amide bonds. The fourth-order valence-electron chi connectivity index (χ4n) is 3.39. The van der Waals surface area contributed by atoms with E-state index in [2.05, 4.69) is 15.0 Å². The lowest BCUT2D eigenvalue weighted by atomic mass is 9.97. The quantitative estimate of drug-likeness (QED) is 0.677. The first-order chi connectivity index (χ1) is 12.0. The molecule has 2 N–H and O–H groups in total. The summed E-state index contributed by atoms with van der Waals surface area (Å²) in [6.07, 6.45) is 2.02. The van der Waals surface area contributed by atoms with Crippen molar-refractivity contribution in [3.05, 3.63) is 51.5 Å². The van der Waals surface area contributed by atoms with Crippen LogP contribution in [0.5, 0.6) is 5.88 Å². The molecule has 1 atom stereocenters. The predicted octanol–water partition coefficient (Wildman–Crippen LogP) is 3.73. The first-order valence-corrected chi connectivity index (χ1v) is 8.54. The van der Waals surface area contributed by atoms with Crippen molar-refractivity contribution in [1.29, 1.82) is 0 Å². The number of nitrogens with zero attached hydrogens (tertiary/aromatic N) is 3. The number of aromatic amines is 1. The monoisotopic (exact) mass is 376 g/mol. The molecule has 0 saturated heterocycles. The molecule has 128 valence electrons. The van der Waals surface area contributed by atoms with Crippen LogP contribution in [0.4, 0.5) is 0 Å². The summed E-state index contributed by atoms with van der Waals surface area (Å²) in [5, 5.41) is 11.4. The van der Waals surface area contributed by atoms with E-state index in [-0.39, 0.29) is 23.7 Å². The Morgan fingerprint density at radius 2 is 2.16 bits per heavy atom. The van der Waals surface area contributed by atoms with Crippen molar-refractivity contribution in [2.45, 2.75) is 19.4 Å². The molecule has 25 heavy (non-hydrogen) atoms. The number of H-pyrrole nitrogens is 1. The lowest BCUT2D eigenvalue weighted by Gasteiger charge is -2.33. The van der Waals surface area contributed by atoms with Gasteiger partial charge in [-0.05, 0) is 13.0 Å². The van der Waals surface area contributed by atoms with E-state index in [0.29, 0.717) is 23.0 Å². The van der Waals surface area contributed by atoms with Crippen molar-refractivity contribution < 1.29 is 9.90 Å². The van der Waals surface area contributed by atoms with Gasteiger partial charge in [0.25, 0.3) is 5.91 Å². The Bertz CT molecular complexity index is 1000. The topological polar surface area (TPSA) is 82.1 Å². The molecule has 0 fully saturated rings. The number of aromatic nitrogens is 3. The predicted molar refractivity (Wildman–Crippen MR) is 95.2 cm³/mol. The van der Waals surface area contributed by atoms with E-state index in [4.69, 9.17) is 23.2 Å². The summed E-state index contributed by atoms with van der Waals surface area (Å²) in [7, 11) is 0. The summed E-state index contributed by atoms with van der Waals surface area (Å²) in [4.78, 5) is 25.6. The molecule has 1 aromatic carbocycles. The average molecular weight is 377 g/mol. The Morgan fingerprint density at radius 1 is 1.36 bits per heavy atom. The molecule has 0 spiro atoms. The van der Waals surface area contributed by atoms with E-state index in [0.717, 1.165) is 22.2 Å². The van der Waals surface area contributed by atoms with E-state index in [1.54, 1.807) is 11.0 Å². The van der Waals surface area contributed by atoms with Crippen LogP contribution >= 0.6 is 23.2 Å². The van der Waals surface area contributed by atoms with Crippen LogP contribution in [-0.2, 0) is 6.42 Å². The summed E-state index contributed by atoms with van der Waals surface area (Å²) in [6, 6.07) is 4.81. The van der Waals surface area contributed by atoms with Gasteiger partial charge in [-0.1, -0.05) is 29.3 Å². The zero-order valence-corrected chi connectivity index (χ0v) is 14.8. The fourth-order valence-corrected chi connectivity index (χ4v) is 3.76. The van der Waals surface area contributed by atoms with Gasteiger partial charge in [0.15, 0.2) is 0 Å². The Labute approximate surface area is 153 Å². The second kappa shape index (κ2) is 5.89. The van der Waals surface area contributed by atoms with Crippen LogP contribution in [0.15, 0.2) is 24.4 Å². The highest BCUT2D eigenvalue weighted by Gasteiger charge is 2.32. The number of hydrogen-bond acceptors (Lipinski definition) is 4. The van der Waals surface area contributed by atoms with Gasteiger partial charge in [0.2, 0.25) is 11.7 Å². The minimum atomic E-state index is -0.316. The maximum Gasteiger partial charge on any atom is 0.292 e. The Balaban J connectivity index is 1.77. The molecule has 4 rings (SSSR count). The molecule has 6 nitrogen and oxygen atoms in total. The molecule has 8 heteroatoms. The number of aromatic hydroxyl groups is 1. The lowest BCUT2D eigenvalue weighted by Crippen LogP contribution is -2.39. The van der Waals surface area contributed by atoms with Gasteiger partial charge in [-0.2, -0.15) is 4.98 Å². The Kier molecular flexibility index (Phi) is 3.81. The molecular weight excluding hydrogens is 363 g/mol. The van der Waals surface area contributed by atoms with Crippen LogP contribution in [0.2, 0.25) is 10.0 Å². The minimum Gasteiger partial charge on any atom is -0.493 e. The number of rotatable bonds is 1. The van der Waals surface area contributed by atoms with Crippen molar-refractivity contribution >= 4 is 40.0 Å². The SMILES string of the molecule is CC1c2c([nH]c3c(Cl)c(Cl)ccc23)CCN1C(=O)c1nccc(O)n1. The highest BCUT2D eigenvalue weighted by Crippen LogP contribution is 2.40. The van der Waals surface area contributed by atoms with Gasteiger partial charge in [-0.25, -0.2) is 4.98 Å². The highest BCUT2D eigenvalue weighted by atomic mass is 35.5. The van der Waals surface area contributed by atoms with E-state index < -0.39 is 0 Å². The zero-order valence-electron chi connectivity index (χ0n) is 13.3. The van der Waals surface area contributed by atoms with Gasteiger partial charge in [-0.3, -0.25) is 4.79 Å². The number of carbonyl (C=O) groups excluding carboxylic acids is 1. The summed E-state index contributed by atoms with van der Waals surface area (Å²) in [5.74, 6) is -0.558. The maximum atomic E-state index is 12.8. The Hall–Kier alpha value is -2.31. The number of amides is 1. The van der Waals surface area contributed by atoms with Gasteiger partial charge in [0.1, 0.15) is 0 Å². The number of carbonyl (C=O) groups is 1.